The average Bonchev–Trinajstić information content (AvgIpc) is 4.15. The van der Waals surface area contributed by atoms with Crippen LogP contribution in [0, 0.1) is 11.8 Å². The molecule has 0 radical (unpaired) electrons. The second-order valence-electron chi connectivity index (χ2n) is 17.1. The number of rotatable bonds is 11. The summed E-state index contributed by atoms with van der Waals surface area (Å²) in [4.78, 5) is 59.7. The fourth-order valence-corrected chi connectivity index (χ4v) is 9.37. The Labute approximate surface area is 372 Å². The van der Waals surface area contributed by atoms with Crippen molar-refractivity contribution in [1.29, 1.82) is 0 Å². The first kappa shape index (κ1) is 43.2. The highest BCUT2D eigenvalue weighted by Crippen LogP contribution is 2.45. The van der Waals surface area contributed by atoms with E-state index in [1.54, 1.807) is 37.1 Å². The summed E-state index contributed by atoms with van der Waals surface area (Å²) in [7, 11) is 2.66. The average molecular weight is 891 g/mol. The molecule has 5 atom stereocenters. The van der Waals surface area contributed by atoms with E-state index in [4.69, 9.17) is 19.2 Å². The monoisotopic (exact) mass is 890 g/mol. The maximum Gasteiger partial charge on any atom is 0.407 e. The Balaban J connectivity index is 0.973. The van der Waals surface area contributed by atoms with Crippen molar-refractivity contribution in [2.24, 2.45) is 11.8 Å². The van der Waals surface area contributed by atoms with Crippen LogP contribution in [0.5, 0.6) is 5.75 Å². The predicted molar refractivity (Wildman–Crippen MR) is 236 cm³/mol. The molecule has 65 heavy (non-hydrogen) atoms. The molecular formula is C48H49F3N8O6. The minimum atomic E-state index is -4.49. The summed E-state index contributed by atoms with van der Waals surface area (Å²) in [6.45, 7) is 7.63. The van der Waals surface area contributed by atoms with Gasteiger partial charge in [0.15, 0.2) is 5.88 Å². The normalized spacial score (nSPS) is 19.1. The van der Waals surface area contributed by atoms with E-state index in [1.165, 1.54) is 19.1 Å². The number of nitrogens with zero attached hydrogens (tertiary/aromatic N) is 4. The summed E-state index contributed by atoms with van der Waals surface area (Å²) in [6.07, 6.45) is -2.47. The van der Waals surface area contributed by atoms with Gasteiger partial charge in [0, 0.05) is 24.0 Å². The van der Waals surface area contributed by atoms with E-state index in [9.17, 15) is 27.6 Å². The van der Waals surface area contributed by atoms with E-state index < -0.39 is 48.8 Å². The van der Waals surface area contributed by atoms with Crippen molar-refractivity contribution in [2.75, 3.05) is 27.3 Å². The Bertz CT molecular complexity index is 2810. The second kappa shape index (κ2) is 17.2. The minimum Gasteiger partial charge on any atom is -0.488 e. The van der Waals surface area contributed by atoms with Gasteiger partial charge in [0.25, 0.3) is 5.91 Å². The molecule has 2 fully saturated rings. The molecule has 0 unspecified atom stereocenters. The molecule has 17 heteroatoms. The molecule has 338 valence electrons. The van der Waals surface area contributed by atoms with Gasteiger partial charge >= 0.3 is 12.3 Å². The minimum absolute atomic E-state index is 0.144. The van der Waals surface area contributed by atoms with Crippen LogP contribution in [0.3, 0.4) is 0 Å². The lowest BCUT2D eigenvalue weighted by Crippen LogP contribution is -2.49. The van der Waals surface area contributed by atoms with Gasteiger partial charge in [-0.15, -0.1) is 0 Å². The van der Waals surface area contributed by atoms with Gasteiger partial charge < -0.3 is 44.6 Å². The highest BCUT2D eigenvalue weighted by Gasteiger charge is 2.51. The Morgan fingerprint density at radius 1 is 0.908 bits per heavy atom. The van der Waals surface area contributed by atoms with Crippen LogP contribution in [0.2, 0.25) is 0 Å². The maximum absolute atomic E-state index is 14.1. The van der Waals surface area contributed by atoms with E-state index >= 15 is 0 Å². The molecule has 6 aromatic rings. The first-order valence-electron chi connectivity index (χ1n) is 21.6. The smallest absolute Gasteiger partial charge is 0.407 e. The van der Waals surface area contributed by atoms with Crippen molar-refractivity contribution >= 4 is 39.7 Å². The highest BCUT2D eigenvalue weighted by molar-refractivity contribution is 6.07. The summed E-state index contributed by atoms with van der Waals surface area (Å²) < 4.78 is 58.8. The standard InChI is InChI=1S/C48H49F3N8O6/c1-25(2)40(53-26(3)63-4)45(60)59-23-31(48(49,50)51)20-38(59)43-52-22-36(55-43)29-13-15-32-30(18-29)24-65-39-21-33-28(19-34(32)39)14-16-35-42(33)56-44(54-35)37-12-9-17-58(37)46(61)41(57-47(62)64-5)27-10-7-6-8-11-27/h6-8,10-11,13-16,18-19,21-22,25,31,37-38,40-41,53H,3,9,12,17,20,23-24H2,1-2,4-5H3,(H,52,55)(H,54,56)(H,57,62)/t31-,37-,38-,40-,41+/m0/s1. The first-order chi connectivity index (χ1) is 31.2. The molecule has 3 aliphatic heterocycles. The lowest BCUT2D eigenvalue weighted by molar-refractivity contribution is -0.171. The molecule has 0 bridgehead atoms. The largest absolute Gasteiger partial charge is 0.488 e. The maximum atomic E-state index is 14.1. The van der Waals surface area contributed by atoms with Gasteiger partial charge in [-0.05, 0) is 83.7 Å². The Morgan fingerprint density at radius 3 is 2.45 bits per heavy atom. The quantitative estimate of drug-likeness (QED) is 0.0932. The molecule has 3 amide bonds. The third-order valence-electron chi connectivity index (χ3n) is 12.8. The van der Waals surface area contributed by atoms with Crippen LogP contribution in [0.1, 0.15) is 74.0 Å². The van der Waals surface area contributed by atoms with E-state index in [2.05, 4.69) is 38.2 Å². The number of ether oxygens (including phenoxy) is 3. The lowest BCUT2D eigenvalue weighted by Gasteiger charge is -2.31. The Kier molecular flexibility index (Phi) is 11.4. The van der Waals surface area contributed by atoms with Crippen LogP contribution in [0.25, 0.3) is 44.2 Å². The van der Waals surface area contributed by atoms with Gasteiger partial charge in [0.1, 0.15) is 36.1 Å². The number of nitrogens with one attached hydrogen (secondary N) is 4. The van der Waals surface area contributed by atoms with Crippen LogP contribution in [0.4, 0.5) is 18.0 Å². The Morgan fingerprint density at radius 2 is 1.71 bits per heavy atom. The Hall–Kier alpha value is -7.04. The number of hydrogen-bond donors (Lipinski definition) is 4. The number of benzene rings is 4. The summed E-state index contributed by atoms with van der Waals surface area (Å²) in [5.74, 6) is -0.972. The molecule has 2 aromatic heterocycles. The number of alkyl carbamates (subject to hydrolysis) is 1. The van der Waals surface area contributed by atoms with Crippen LogP contribution in [0.15, 0.2) is 91.5 Å². The van der Waals surface area contributed by atoms with Crippen molar-refractivity contribution < 1.29 is 41.8 Å². The summed E-state index contributed by atoms with van der Waals surface area (Å²) >= 11 is 0. The fourth-order valence-electron chi connectivity index (χ4n) is 9.37. The number of H-pyrrole nitrogens is 2. The van der Waals surface area contributed by atoms with Crippen LogP contribution < -0.4 is 15.4 Å². The molecule has 0 aliphatic carbocycles. The number of halogens is 3. The number of aromatic nitrogens is 4. The topological polar surface area (TPSA) is 167 Å². The van der Waals surface area contributed by atoms with Crippen LogP contribution in [-0.2, 0) is 25.7 Å². The van der Waals surface area contributed by atoms with Crippen molar-refractivity contribution in [2.45, 2.75) is 70.1 Å². The molecular weight excluding hydrogens is 842 g/mol. The number of likely N-dealkylation sites (tertiary alicyclic amines) is 2. The molecule has 4 aromatic carbocycles. The number of hydrogen-bond acceptors (Lipinski definition) is 9. The van der Waals surface area contributed by atoms with E-state index in [-0.39, 0.29) is 42.6 Å². The van der Waals surface area contributed by atoms with Crippen molar-refractivity contribution in [3.63, 3.8) is 0 Å². The number of fused-ring (bicyclic) bond motifs is 6. The van der Waals surface area contributed by atoms with Crippen LogP contribution in [-0.4, -0.2) is 87.2 Å². The van der Waals surface area contributed by atoms with Crippen molar-refractivity contribution in [1.82, 2.24) is 40.4 Å². The number of aromatic amines is 2. The predicted octanol–water partition coefficient (Wildman–Crippen LogP) is 8.61. The molecule has 0 saturated carbocycles. The molecule has 5 heterocycles. The number of carbonyl (C=O) groups is 3. The third-order valence-corrected chi connectivity index (χ3v) is 12.8. The summed E-state index contributed by atoms with van der Waals surface area (Å²) in [5, 5.41) is 7.45. The molecule has 3 aliphatic rings. The van der Waals surface area contributed by atoms with Gasteiger partial charge in [-0.1, -0.05) is 62.4 Å². The summed E-state index contributed by atoms with van der Waals surface area (Å²) in [6, 6.07) is 20.0. The van der Waals surface area contributed by atoms with Crippen LogP contribution >= 0.6 is 0 Å². The number of alkyl halides is 3. The molecule has 14 nitrogen and oxygen atoms in total. The van der Waals surface area contributed by atoms with E-state index in [1.807, 2.05) is 54.6 Å². The first-order valence-corrected chi connectivity index (χ1v) is 21.6. The number of amides is 3. The van der Waals surface area contributed by atoms with E-state index in [0.29, 0.717) is 35.8 Å². The van der Waals surface area contributed by atoms with Gasteiger partial charge in [0.2, 0.25) is 5.91 Å². The van der Waals surface area contributed by atoms with Crippen molar-refractivity contribution in [3.05, 3.63) is 114 Å². The molecule has 0 spiro atoms. The number of imidazole rings is 2. The third kappa shape index (κ3) is 8.19. The highest BCUT2D eigenvalue weighted by atomic mass is 19.4. The molecule has 4 N–H and O–H groups in total. The van der Waals surface area contributed by atoms with Gasteiger partial charge in [0.05, 0.1) is 55.1 Å². The van der Waals surface area contributed by atoms with Gasteiger partial charge in [-0.2, -0.15) is 13.2 Å². The SMILES string of the molecule is C=C(N[C@H](C(=O)N1C[C@@H](C(F)(F)F)C[C@H]1c1ncc(-c2ccc3c(c2)COc2cc4c(ccc5[nH]c([C@@H]6CCCN6C(=O)[C@H](NC(=O)OC)c6ccccc6)nc54)cc2-3)[nH]1)C(C)C)OC. The lowest BCUT2D eigenvalue weighted by atomic mass is 9.92. The molecule has 9 rings (SSSR count). The number of methoxy groups -OCH3 is 2. The van der Waals surface area contributed by atoms with Gasteiger partial charge in [-0.25, -0.2) is 14.8 Å². The zero-order valence-corrected chi connectivity index (χ0v) is 36.3. The molecule has 2 saturated heterocycles. The zero-order chi connectivity index (χ0) is 45.7. The zero-order valence-electron chi connectivity index (χ0n) is 36.3. The summed E-state index contributed by atoms with van der Waals surface area (Å²) in [5.41, 5.74) is 6.33. The second-order valence-corrected chi connectivity index (χ2v) is 17.1. The van der Waals surface area contributed by atoms with Gasteiger partial charge in [-0.3, -0.25) is 9.59 Å². The fraction of sp³-hybridized carbons (Fsp3) is 0.354. The van der Waals surface area contributed by atoms with E-state index in [0.717, 1.165) is 50.5 Å². The number of carbonyl (C=O) groups excluding carboxylic acids is 3. The van der Waals surface area contributed by atoms with Crippen molar-refractivity contribution in [3.8, 4) is 28.1 Å².